The molecule has 0 saturated heterocycles. The zero-order valence-electron chi connectivity index (χ0n) is 14.3. The number of anilines is 2. The molecule has 0 spiro atoms. The molecule has 1 aliphatic rings. The van der Waals surface area contributed by atoms with Gasteiger partial charge in [-0.2, -0.15) is 0 Å². The summed E-state index contributed by atoms with van der Waals surface area (Å²) in [5, 5.41) is 3.91. The number of halogens is 1. The van der Waals surface area contributed by atoms with Crippen LogP contribution in [-0.4, -0.2) is 31.2 Å². The highest BCUT2D eigenvalue weighted by molar-refractivity contribution is 6.32. The molecule has 1 aliphatic heterocycles. The van der Waals surface area contributed by atoms with E-state index < -0.39 is 0 Å². The first-order chi connectivity index (χ1) is 11.6. The molecular weight excluding hydrogens is 328 g/mol. The van der Waals surface area contributed by atoms with Gasteiger partial charge in [-0.3, -0.25) is 0 Å². The van der Waals surface area contributed by atoms with Crippen LogP contribution in [0.4, 0.5) is 11.5 Å². The first-order valence-corrected chi connectivity index (χ1v) is 8.19. The molecule has 0 saturated carbocycles. The van der Waals surface area contributed by atoms with Crippen molar-refractivity contribution in [3.8, 4) is 11.5 Å². The summed E-state index contributed by atoms with van der Waals surface area (Å²) in [6.07, 6.45) is 2.35. The van der Waals surface area contributed by atoms with Gasteiger partial charge in [-0.25, -0.2) is 9.97 Å². The largest absolute Gasteiger partial charge is 0.497 e. The SMILES string of the molecule is CCC1Nc2c(Cl)ncnc2N(C)Cc2cc(OC)cc(OC)c21. The van der Waals surface area contributed by atoms with Gasteiger partial charge < -0.3 is 19.7 Å². The second-order valence-electron chi connectivity index (χ2n) is 5.73. The standard InChI is InChI=1S/C17H21ClN4O2/c1-5-12-14-10(6-11(23-3)7-13(14)24-4)8-22(2)17-15(21-12)16(18)19-9-20-17/h6-7,9,12,21H,5,8H2,1-4H3. The molecule has 1 N–H and O–H groups in total. The Balaban J connectivity index is 2.19. The first-order valence-electron chi connectivity index (χ1n) is 7.82. The molecule has 1 unspecified atom stereocenters. The molecular formula is C17H21ClN4O2. The van der Waals surface area contributed by atoms with E-state index in [1.165, 1.54) is 6.33 Å². The molecule has 2 aromatic rings. The van der Waals surface area contributed by atoms with Crippen molar-refractivity contribution in [2.24, 2.45) is 0 Å². The monoisotopic (exact) mass is 348 g/mol. The number of rotatable bonds is 3. The second-order valence-corrected chi connectivity index (χ2v) is 6.08. The third kappa shape index (κ3) is 2.82. The number of nitrogens with zero attached hydrogens (tertiary/aromatic N) is 3. The number of hydrogen-bond acceptors (Lipinski definition) is 6. The lowest BCUT2D eigenvalue weighted by molar-refractivity contribution is 0.387. The van der Waals surface area contributed by atoms with Crippen LogP contribution in [0.1, 0.15) is 30.5 Å². The van der Waals surface area contributed by atoms with Gasteiger partial charge in [0, 0.05) is 25.2 Å². The number of fused-ring (bicyclic) bond motifs is 2. The number of ether oxygens (including phenoxy) is 2. The Bertz CT molecular complexity index is 754. The van der Waals surface area contributed by atoms with E-state index in [4.69, 9.17) is 21.1 Å². The van der Waals surface area contributed by atoms with Crippen molar-refractivity contribution in [1.29, 1.82) is 0 Å². The fraction of sp³-hybridized carbons (Fsp3) is 0.412. The Hall–Kier alpha value is -2.21. The molecule has 1 aromatic carbocycles. The third-order valence-electron chi connectivity index (χ3n) is 4.28. The lowest BCUT2D eigenvalue weighted by Crippen LogP contribution is -2.26. The highest BCUT2D eigenvalue weighted by Crippen LogP contribution is 2.42. The average molecular weight is 349 g/mol. The minimum atomic E-state index is 0.0387. The van der Waals surface area contributed by atoms with Gasteiger partial charge in [0.1, 0.15) is 23.5 Å². The van der Waals surface area contributed by atoms with E-state index in [1.54, 1.807) is 14.2 Å². The van der Waals surface area contributed by atoms with Crippen LogP contribution in [0.25, 0.3) is 0 Å². The predicted octanol–water partition coefficient (Wildman–Crippen LogP) is 3.66. The summed E-state index contributed by atoms with van der Waals surface area (Å²) < 4.78 is 11.1. The Morgan fingerprint density at radius 2 is 2.08 bits per heavy atom. The maximum absolute atomic E-state index is 6.31. The van der Waals surface area contributed by atoms with Gasteiger partial charge in [0.15, 0.2) is 11.0 Å². The quantitative estimate of drug-likeness (QED) is 0.854. The Morgan fingerprint density at radius 1 is 1.29 bits per heavy atom. The van der Waals surface area contributed by atoms with E-state index in [1.807, 2.05) is 24.1 Å². The second kappa shape index (κ2) is 6.73. The van der Waals surface area contributed by atoms with Crippen LogP contribution in [0.15, 0.2) is 18.5 Å². The van der Waals surface area contributed by atoms with Crippen molar-refractivity contribution in [1.82, 2.24) is 9.97 Å². The molecule has 2 heterocycles. The molecule has 1 atom stereocenters. The molecule has 3 rings (SSSR count). The lowest BCUT2D eigenvalue weighted by atomic mass is 9.95. The van der Waals surface area contributed by atoms with Crippen LogP contribution >= 0.6 is 11.6 Å². The fourth-order valence-corrected chi connectivity index (χ4v) is 3.30. The van der Waals surface area contributed by atoms with Gasteiger partial charge in [-0.1, -0.05) is 18.5 Å². The number of aromatic nitrogens is 2. The third-order valence-corrected chi connectivity index (χ3v) is 4.57. The first kappa shape index (κ1) is 16.6. The van der Waals surface area contributed by atoms with Crippen molar-refractivity contribution in [2.45, 2.75) is 25.9 Å². The van der Waals surface area contributed by atoms with Crippen molar-refractivity contribution in [3.63, 3.8) is 0 Å². The Labute approximate surface area is 146 Å². The molecule has 24 heavy (non-hydrogen) atoms. The van der Waals surface area contributed by atoms with Crippen LogP contribution in [0, 0.1) is 0 Å². The molecule has 0 amide bonds. The molecule has 0 bridgehead atoms. The summed E-state index contributed by atoms with van der Waals surface area (Å²) in [5.74, 6) is 2.35. The van der Waals surface area contributed by atoms with E-state index in [0.29, 0.717) is 11.7 Å². The highest BCUT2D eigenvalue weighted by Gasteiger charge is 2.27. The molecule has 0 fully saturated rings. The summed E-state index contributed by atoms with van der Waals surface area (Å²) in [5.41, 5.74) is 2.99. The zero-order valence-corrected chi connectivity index (χ0v) is 15.0. The van der Waals surface area contributed by atoms with E-state index >= 15 is 0 Å². The molecule has 6 nitrogen and oxygen atoms in total. The smallest absolute Gasteiger partial charge is 0.157 e. The molecule has 128 valence electrons. The highest BCUT2D eigenvalue weighted by atomic mass is 35.5. The molecule has 0 aliphatic carbocycles. The maximum Gasteiger partial charge on any atom is 0.157 e. The molecule has 7 heteroatoms. The van der Waals surface area contributed by atoms with Crippen LogP contribution in [0.2, 0.25) is 5.15 Å². The van der Waals surface area contributed by atoms with Crippen LogP contribution in [-0.2, 0) is 6.54 Å². The minimum absolute atomic E-state index is 0.0387. The Morgan fingerprint density at radius 3 is 2.75 bits per heavy atom. The van der Waals surface area contributed by atoms with Crippen molar-refractivity contribution in [2.75, 3.05) is 31.5 Å². The van der Waals surface area contributed by atoms with Gasteiger partial charge in [-0.05, 0) is 18.1 Å². The molecule has 0 radical (unpaired) electrons. The minimum Gasteiger partial charge on any atom is -0.497 e. The lowest BCUT2D eigenvalue weighted by Gasteiger charge is -2.32. The predicted molar refractivity (Wildman–Crippen MR) is 95.3 cm³/mol. The number of benzene rings is 1. The van der Waals surface area contributed by atoms with Gasteiger partial charge >= 0.3 is 0 Å². The number of methoxy groups -OCH3 is 2. The summed E-state index contributed by atoms with van der Waals surface area (Å²) in [4.78, 5) is 10.5. The normalized spacial score (nSPS) is 16.4. The average Bonchev–Trinajstić information content (AvgIpc) is 2.59. The van der Waals surface area contributed by atoms with Gasteiger partial charge in [0.25, 0.3) is 0 Å². The van der Waals surface area contributed by atoms with Crippen LogP contribution < -0.4 is 19.7 Å². The summed E-state index contributed by atoms with van der Waals surface area (Å²) in [6, 6.07) is 4.00. The number of nitrogens with one attached hydrogen (secondary N) is 1. The van der Waals surface area contributed by atoms with E-state index in [2.05, 4.69) is 22.2 Å². The van der Waals surface area contributed by atoms with Gasteiger partial charge in [-0.15, -0.1) is 0 Å². The van der Waals surface area contributed by atoms with Crippen molar-refractivity contribution >= 4 is 23.1 Å². The van der Waals surface area contributed by atoms with Crippen LogP contribution in [0.5, 0.6) is 11.5 Å². The Kier molecular flexibility index (Phi) is 4.66. The summed E-state index contributed by atoms with van der Waals surface area (Å²) >= 11 is 6.31. The topological polar surface area (TPSA) is 59.5 Å². The summed E-state index contributed by atoms with van der Waals surface area (Å²) in [7, 11) is 5.31. The van der Waals surface area contributed by atoms with Gasteiger partial charge in [0.05, 0.1) is 20.3 Å². The number of hydrogen-bond donors (Lipinski definition) is 1. The van der Waals surface area contributed by atoms with Gasteiger partial charge in [0.2, 0.25) is 0 Å². The summed E-state index contributed by atoms with van der Waals surface area (Å²) in [6.45, 7) is 2.79. The van der Waals surface area contributed by atoms with E-state index in [9.17, 15) is 0 Å². The fourth-order valence-electron chi connectivity index (χ4n) is 3.12. The van der Waals surface area contributed by atoms with Crippen molar-refractivity contribution < 1.29 is 9.47 Å². The zero-order chi connectivity index (χ0) is 17.3. The van der Waals surface area contributed by atoms with E-state index in [-0.39, 0.29) is 6.04 Å². The van der Waals surface area contributed by atoms with Crippen LogP contribution in [0.3, 0.4) is 0 Å². The maximum atomic E-state index is 6.31. The van der Waals surface area contributed by atoms with Crippen molar-refractivity contribution in [3.05, 3.63) is 34.7 Å². The van der Waals surface area contributed by atoms with E-state index in [0.717, 1.165) is 40.6 Å². The molecule has 1 aromatic heterocycles.